The lowest BCUT2D eigenvalue weighted by atomic mass is 9.69. The average Bonchev–Trinajstić information content (AvgIpc) is 3.27. The predicted molar refractivity (Wildman–Crippen MR) is 136 cm³/mol. The quantitative estimate of drug-likeness (QED) is 0.502. The number of carbonyl (C=O) groups excluding carboxylic acids is 2. The number of nitrogens with one attached hydrogen (secondary N) is 1. The Morgan fingerprint density at radius 3 is 2.37 bits per heavy atom. The lowest BCUT2D eigenvalue weighted by Gasteiger charge is -2.53. The van der Waals surface area contributed by atoms with Crippen LogP contribution in [0, 0.1) is 17.8 Å². The summed E-state index contributed by atoms with van der Waals surface area (Å²) in [6.45, 7) is 7.75. The Kier molecular flexibility index (Phi) is 5.03. The molecule has 3 heterocycles. The molecule has 1 fully saturated rings. The minimum Gasteiger partial charge on any atom is -0.326 e. The second-order valence-corrected chi connectivity index (χ2v) is 11.1. The SMILES string of the molecule is Cc1cccc(C2C(c3ccc(C(F)(F)F)cc3)N=C3N2C(=O)N2CC(=O)NC4=C2C3(C)C=CC4(C)C)c1. The number of nitrogens with zero attached hydrogens (tertiary/aromatic N) is 3. The highest BCUT2D eigenvalue weighted by Crippen LogP contribution is 2.55. The first-order valence-electron chi connectivity index (χ1n) is 12.5. The van der Waals surface area contributed by atoms with Crippen LogP contribution in [0.3, 0.4) is 0 Å². The van der Waals surface area contributed by atoms with Crippen LogP contribution in [0.2, 0.25) is 0 Å². The molecule has 1 saturated heterocycles. The van der Waals surface area contributed by atoms with Gasteiger partial charge in [0.25, 0.3) is 0 Å². The zero-order chi connectivity index (χ0) is 27.2. The molecule has 1 aliphatic carbocycles. The number of rotatable bonds is 2. The Morgan fingerprint density at radius 1 is 1.00 bits per heavy atom. The van der Waals surface area contributed by atoms with E-state index in [1.54, 1.807) is 4.90 Å². The van der Waals surface area contributed by atoms with Crippen LogP contribution in [0.25, 0.3) is 0 Å². The van der Waals surface area contributed by atoms with Gasteiger partial charge in [0, 0.05) is 11.1 Å². The summed E-state index contributed by atoms with van der Waals surface area (Å²) in [6.07, 6.45) is -0.418. The highest BCUT2D eigenvalue weighted by molar-refractivity contribution is 6.10. The third kappa shape index (κ3) is 3.44. The summed E-state index contributed by atoms with van der Waals surface area (Å²) in [4.78, 5) is 35.2. The molecule has 196 valence electrons. The predicted octanol–water partition coefficient (Wildman–Crippen LogP) is 5.89. The summed E-state index contributed by atoms with van der Waals surface area (Å²) in [5.74, 6) is 0.249. The van der Waals surface area contributed by atoms with Crippen molar-refractivity contribution in [2.24, 2.45) is 15.8 Å². The molecule has 3 aliphatic heterocycles. The summed E-state index contributed by atoms with van der Waals surface area (Å²) in [6, 6.07) is 11.1. The van der Waals surface area contributed by atoms with E-state index >= 15 is 0 Å². The topological polar surface area (TPSA) is 65.0 Å². The van der Waals surface area contributed by atoms with Gasteiger partial charge in [-0.25, -0.2) is 4.79 Å². The number of urea groups is 1. The first kappa shape index (κ1) is 24.5. The van der Waals surface area contributed by atoms with Crippen LogP contribution in [0.15, 0.2) is 77.1 Å². The molecule has 3 atom stereocenters. The van der Waals surface area contributed by atoms with Gasteiger partial charge in [-0.15, -0.1) is 0 Å². The fraction of sp³-hybridized carbons (Fsp3) is 0.345. The van der Waals surface area contributed by atoms with Crippen molar-refractivity contribution < 1.29 is 22.8 Å². The van der Waals surface area contributed by atoms with Gasteiger partial charge in [-0.05, 0) is 37.1 Å². The zero-order valence-electron chi connectivity index (χ0n) is 21.4. The molecular formula is C29H27F3N4O2. The minimum absolute atomic E-state index is 0.119. The normalized spacial score (nSPS) is 27.7. The molecule has 2 aromatic rings. The molecule has 2 aromatic carbocycles. The molecular weight excluding hydrogens is 493 g/mol. The van der Waals surface area contributed by atoms with Crippen molar-refractivity contribution in [1.82, 2.24) is 15.1 Å². The van der Waals surface area contributed by atoms with Crippen LogP contribution in [-0.2, 0) is 11.0 Å². The maximum Gasteiger partial charge on any atom is 0.416 e. The van der Waals surface area contributed by atoms with Crippen LogP contribution in [0.1, 0.15) is 55.1 Å². The van der Waals surface area contributed by atoms with Crippen molar-refractivity contribution in [2.75, 3.05) is 6.54 Å². The lowest BCUT2D eigenvalue weighted by molar-refractivity contribution is -0.137. The number of aliphatic imine (C=N–C) groups is 1. The number of carbonyl (C=O) groups is 2. The van der Waals surface area contributed by atoms with Gasteiger partial charge in [0.1, 0.15) is 18.4 Å². The van der Waals surface area contributed by atoms with Gasteiger partial charge in [0.2, 0.25) is 5.91 Å². The van der Waals surface area contributed by atoms with Crippen molar-refractivity contribution >= 4 is 17.8 Å². The molecule has 0 aromatic heterocycles. The molecule has 6 nitrogen and oxygen atoms in total. The van der Waals surface area contributed by atoms with Crippen LogP contribution in [0.5, 0.6) is 0 Å². The molecule has 1 N–H and O–H groups in total. The Hall–Kier alpha value is -3.88. The first-order valence-corrected chi connectivity index (χ1v) is 12.5. The van der Waals surface area contributed by atoms with E-state index in [-0.39, 0.29) is 18.5 Å². The second-order valence-electron chi connectivity index (χ2n) is 11.1. The number of aryl methyl sites for hydroxylation is 1. The van der Waals surface area contributed by atoms with Crippen molar-refractivity contribution in [3.8, 4) is 0 Å². The van der Waals surface area contributed by atoms with E-state index in [2.05, 4.69) is 5.32 Å². The van der Waals surface area contributed by atoms with Crippen molar-refractivity contribution in [1.29, 1.82) is 0 Å². The maximum absolute atomic E-state index is 14.2. The smallest absolute Gasteiger partial charge is 0.326 e. The number of halogens is 3. The maximum atomic E-state index is 14.2. The highest BCUT2D eigenvalue weighted by Gasteiger charge is 2.59. The van der Waals surface area contributed by atoms with E-state index in [4.69, 9.17) is 4.99 Å². The fourth-order valence-corrected chi connectivity index (χ4v) is 6.06. The van der Waals surface area contributed by atoms with Gasteiger partial charge in [0.15, 0.2) is 0 Å². The third-order valence-corrected chi connectivity index (χ3v) is 7.97. The van der Waals surface area contributed by atoms with E-state index in [9.17, 15) is 22.8 Å². The number of allylic oxidation sites excluding steroid dienone is 1. The van der Waals surface area contributed by atoms with Gasteiger partial charge in [-0.1, -0.05) is 68.0 Å². The molecule has 3 unspecified atom stereocenters. The monoisotopic (exact) mass is 520 g/mol. The van der Waals surface area contributed by atoms with Crippen molar-refractivity contribution in [3.05, 3.63) is 94.3 Å². The van der Waals surface area contributed by atoms with E-state index < -0.39 is 34.7 Å². The summed E-state index contributed by atoms with van der Waals surface area (Å²) >= 11 is 0. The number of amides is 3. The van der Waals surface area contributed by atoms with E-state index in [1.807, 2.05) is 64.1 Å². The number of amidine groups is 1. The van der Waals surface area contributed by atoms with Gasteiger partial charge >= 0.3 is 12.2 Å². The van der Waals surface area contributed by atoms with E-state index in [0.717, 1.165) is 23.3 Å². The highest BCUT2D eigenvalue weighted by atomic mass is 19.4. The lowest BCUT2D eigenvalue weighted by Crippen LogP contribution is -2.64. The number of hydrogen-bond donors (Lipinski definition) is 1. The largest absolute Gasteiger partial charge is 0.416 e. The van der Waals surface area contributed by atoms with Crippen molar-refractivity contribution in [3.63, 3.8) is 0 Å². The summed E-state index contributed by atoms with van der Waals surface area (Å²) in [5, 5.41) is 2.99. The van der Waals surface area contributed by atoms with Gasteiger partial charge in [-0.3, -0.25) is 19.6 Å². The molecule has 9 heteroatoms. The number of hydrogen-bond acceptors (Lipinski definition) is 3. The molecule has 0 saturated carbocycles. The fourth-order valence-electron chi connectivity index (χ4n) is 6.06. The van der Waals surface area contributed by atoms with E-state index in [1.165, 1.54) is 17.0 Å². The van der Waals surface area contributed by atoms with Crippen LogP contribution >= 0.6 is 0 Å². The number of alkyl halides is 3. The Bertz CT molecular complexity index is 1470. The first-order chi connectivity index (χ1) is 17.8. The zero-order valence-corrected chi connectivity index (χ0v) is 21.4. The Morgan fingerprint density at radius 2 is 1.71 bits per heavy atom. The Labute approximate surface area is 218 Å². The Balaban J connectivity index is 1.56. The third-order valence-electron chi connectivity index (χ3n) is 7.97. The van der Waals surface area contributed by atoms with Crippen LogP contribution in [-0.4, -0.2) is 34.1 Å². The molecule has 0 bridgehead atoms. The molecule has 6 rings (SSSR count). The number of benzene rings is 2. The second kappa shape index (κ2) is 7.82. The molecule has 3 amide bonds. The summed E-state index contributed by atoms with van der Waals surface area (Å²) < 4.78 is 39.9. The number of fused-ring (bicyclic) bond motifs is 2. The van der Waals surface area contributed by atoms with E-state index in [0.29, 0.717) is 22.8 Å². The molecule has 0 spiro atoms. The van der Waals surface area contributed by atoms with Crippen LogP contribution < -0.4 is 5.32 Å². The van der Waals surface area contributed by atoms with Gasteiger partial charge < -0.3 is 5.32 Å². The average molecular weight is 521 g/mol. The molecule has 4 aliphatic rings. The molecule has 38 heavy (non-hydrogen) atoms. The van der Waals surface area contributed by atoms with Gasteiger partial charge in [-0.2, -0.15) is 13.2 Å². The summed E-state index contributed by atoms with van der Waals surface area (Å²) in [5.41, 5.74) is 1.67. The molecule has 0 radical (unpaired) electrons. The van der Waals surface area contributed by atoms with Crippen LogP contribution in [0.4, 0.5) is 18.0 Å². The van der Waals surface area contributed by atoms with Gasteiger partial charge in [0.05, 0.1) is 22.7 Å². The minimum atomic E-state index is -4.46. The summed E-state index contributed by atoms with van der Waals surface area (Å²) in [7, 11) is 0. The van der Waals surface area contributed by atoms with Crippen molar-refractivity contribution in [2.45, 2.75) is 46.0 Å². The standard InChI is InChI=1S/C29H27F3N4O2/c1-16-6-5-7-18(14-16)22-21(17-8-10-19(11-9-17)29(30,31)32)34-25-28(4)13-12-27(2,3)23-24(28)35(15-20(37)33-23)26(38)36(22)25/h5-14,21-22H,15H2,1-4H3,(H,33,37).